The maximum Gasteiger partial charge on any atom is 0.234 e. The molecule has 114 valence electrons. The van der Waals surface area contributed by atoms with Crippen molar-refractivity contribution >= 4 is 5.91 Å². The van der Waals surface area contributed by atoms with Gasteiger partial charge in [0.1, 0.15) is 0 Å². The molecule has 3 rings (SSSR count). The first-order valence-electron chi connectivity index (χ1n) is 8.46. The SMILES string of the molecule is CC1CCC(NC(=O)CN2C[C@@H]3CCCN[C@@H]3C2)CC1. The normalized spacial score (nSPS) is 38.5. The Morgan fingerprint density at radius 2 is 2.00 bits per heavy atom. The Kier molecular flexibility index (Phi) is 4.61. The van der Waals surface area contributed by atoms with Gasteiger partial charge in [-0.05, 0) is 56.9 Å². The summed E-state index contributed by atoms with van der Waals surface area (Å²) in [6, 6.07) is 1.06. The minimum atomic E-state index is 0.239. The number of hydrogen-bond donors (Lipinski definition) is 2. The number of piperidine rings is 1. The molecule has 3 aliphatic rings. The Labute approximate surface area is 122 Å². The van der Waals surface area contributed by atoms with Crippen LogP contribution in [0.3, 0.4) is 0 Å². The van der Waals surface area contributed by atoms with Gasteiger partial charge in [-0.15, -0.1) is 0 Å². The van der Waals surface area contributed by atoms with Crippen molar-refractivity contribution in [2.75, 3.05) is 26.2 Å². The van der Waals surface area contributed by atoms with E-state index in [1.165, 1.54) is 38.5 Å². The van der Waals surface area contributed by atoms with Crippen molar-refractivity contribution in [3.63, 3.8) is 0 Å². The van der Waals surface area contributed by atoms with Gasteiger partial charge in [0.15, 0.2) is 0 Å². The number of rotatable bonds is 3. The number of likely N-dealkylation sites (tertiary alicyclic amines) is 1. The molecule has 4 heteroatoms. The Bertz CT molecular complexity index is 325. The molecule has 1 amide bonds. The highest BCUT2D eigenvalue weighted by atomic mass is 16.2. The monoisotopic (exact) mass is 279 g/mol. The van der Waals surface area contributed by atoms with E-state index < -0.39 is 0 Å². The number of hydrogen-bond acceptors (Lipinski definition) is 3. The lowest BCUT2D eigenvalue weighted by atomic mass is 9.87. The van der Waals surface area contributed by atoms with Crippen molar-refractivity contribution < 1.29 is 4.79 Å². The molecular weight excluding hydrogens is 250 g/mol. The quantitative estimate of drug-likeness (QED) is 0.820. The van der Waals surface area contributed by atoms with E-state index >= 15 is 0 Å². The smallest absolute Gasteiger partial charge is 0.234 e. The molecule has 0 radical (unpaired) electrons. The van der Waals surface area contributed by atoms with Crippen molar-refractivity contribution in [2.45, 2.75) is 57.5 Å². The summed E-state index contributed by atoms with van der Waals surface area (Å²) in [6.07, 6.45) is 7.49. The van der Waals surface area contributed by atoms with Crippen LogP contribution in [-0.4, -0.2) is 49.1 Å². The Balaban J connectivity index is 1.41. The van der Waals surface area contributed by atoms with E-state index in [4.69, 9.17) is 0 Å². The van der Waals surface area contributed by atoms with Gasteiger partial charge in [-0.1, -0.05) is 6.92 Å². The van der Waals surface area contributed by atoms with Gasteiger partial charge >= 0.3 is 0 Å². The van der Waals surface area contributed by atoms with E-state index in [1.807, 2.05) is 0 Å². The summed E-state index contributed by atoms with van der Waals surface area (Å²) in [7, 11) is 0. The lowest BCUT2D eigenvalue weighted by molar-refractivity contribution is -0.123. The average molecular weight is 279 g/mol. The van der Waals surface area contributed by atoms with Crippen molar-refractivity contribution in [2.24, 2.45) is 11.8 Å². The molecule has 0 aromatic heterocycles. The highest BCUT2D eigenvalue weighted by Gasteiger charge is 2.34. The van der Waals surface area contributed by atoms with E-state index in [2.05, 4.69) is 22.5 Å². The average Bonchev–Trinajstić information content (AvgIpc) is 2.83. The first-order valence-corrected chi connectivity index (χ1v) is 8.46. The minimum Gasteiger partial charge on any atom is -0.352 e. The molecule has 2 N–H and O–H groups in total. The maximum absolute atomic E-state index is 12.2. The van der Waals surface area contributed by atoms with Gasteiger partial charge in [0.25, 0.3) is 0 Å². The van der Waals surface area contributed by atoms with Crippen LogP contribution in [0.1, 0.15) is 45.4 Å². The zero-order chi connectivity index (χ0) is 13.9. The Morgan fingerprint density at radius 1 is 1.20 bits per heavy atom. The Morgan fingerprint density at radius 3 is 2.75 bits per heavy atom. The third-order valence-electron chi connectivity index (χ3n) is 5.42. The molecule has 2 heterocycles. The summed E-state index contributed by atoms with van der Waals surface area (Å²) in [5.74, 6) is 1.85. The van der Waals surface area contributed by atoms with E-state index in [-0.39, 0.29) is 5.91 Å². The van der Waals surface area contributed by atoms with Crippen LogP contribution in [0, 0.1) is 11.8 Å². The molecule has 0 spiro atoms. The fourth-order valence-corrected chi connectivity index (χ4v) is 4.15. The van der Waals surface area contributed by atoms with Gasteiger partial charge in [0.2, 0.25) is 5.91 Å². The summed E-state index contributed by atoms with van der Waals surface area (Å²) < 4.78 is 0. The zero-order valence-corrected chi connectivity index (χ0v) is 12.7. The zero-order valence-electron chi connectivity index (χ0n) is 12.7. The summed E-state index contributed by atoms with van der Waals surface area (Å²) in [5, 5.41) is 6.84. The lowest BCUT2D eigenvalue weighted by Crippen LogP contribution is -2.43. The van der Waals surface area contributed by atoms with Gasteiger partial charge < -0.3 is 10.6 Å². The van der Waals surface area contributed by atoms with Crippen LogP contribution < -0.4 is 10.6 Å². The molecule has 1 aliphatic carbocycles. The van der Waals surface area contributed by atoms with E-state index in [0.29, 0.717) is 18.6 Å². The third kappa shape index (κ3) is 3.53. The molecule has 2 atom stereocenters. The van der Waals surface area contributed by atoms with Crippen LogP contribution in [0.5, 0.6) is 0 Å². The maximum atomic E-state index is 12.2. The van der Waals surface area contributed by atoms with Crippen LogP contribution in [0.2, 0.25) is 0 Å². The second-order valence-electron chi connectivity index (χ2n) is 7.18. The summed E-state index contributed by atoms with van der Waals surface area (Å²) in [4.78, 5) is 14.5. The Hall–Kier alpha value is -0.610. The molecular formula is C16H29N3O. The van der Waals surface area contributed by atoms with Crippen LogP contribution in [0.4, 0.5) is 0 Å². The first kappa shape index (κ1) is 14.3. The van der Waals surface area contributed by atoms with Gasteiger partial charge in [0, 0.05) is 25.2 Å². The number of carbonyl (C=O) groups is 1. The molecule has 0 aromatic carbocycles. The number of amides is 1. The molecule has 2 saturated heterocycles. The molecule has 4 nitrogen and oxygen atoms in total. The van der Waals surface area contributed by atoms with Crippen molar-refractivity contribution in [3.8, 4) is 0 Å². The topological polar surface area (TPSA) is 44.4 Å². The molecule has 1 saturated carbocycles. The molecule has 0 aromatic rings. The molecule has 2 aliphatic heterocycles. The van der Waals surface area contributed by atoms with Crippen LogP contribution >= 0.6 is 0 Å². The lowest BCUT2D eigenvalue weighted by Gasteiger charge is -2.27. The van der Waals surface area contributed by atoms with Crippen molar-refractivity contribution in [1.29, 1.82) is 0 Å². The summed E-state index contributed by atoms with van der Waals surface area (Å²) in [5.41, 5.74) is 0. The number of nitrogens with zero attached hydrogens (tertiary/aromatic N) is 1. The van der Waals surface area contributed by atoms with Gasteiger partial charge in [0.05, 0.1) is 6.54 Å². The molecule has 20 heavy (non-hydrogen) atoms. The predicted molar refractivity (Wildman–Crippen MR) is 80.5 cm³/mol. The van der Waals surface area contributed by atoms with Gasteiger partial charge in [-0.3, -0.25) is 9.69 Å². The number of nitrogens with one attached hydrogen (secondary N) is 2. The second kappa shape index (κ2) is 6.44. The molecule has 3 fully saturated rings. The fourth-order valence-electron chi connectivity index (χ4n) is 4.15. The third-order valence-corrected chi connectivity index (χ3v) is 5.42. The molecule has 0 unspecified atom stereocenters. The van der Waals surface area contributed by atoms with Crippen LogP contribution in [0.25, 0.3) is 0 Å². The van der Waals surface area contributed by atoms with E-state index in [0.717, 1.165) is 31.5 Å². The molecule has 0 bridgehead atoms. The van der Waals surface area contributed by atoms with Crippen LogP contribution in [0.15, 0.2) is 0 Å². The van der Waals surface area contributed by atoms with Crippen molar-refractivity contribution in [1.82, 2.24) is 15.5 Å². The number of fused-ring (bicyclic) bond motifs is 1. The summed E-state index contributed by atoms with van der Waals surface area (Å²) in [6.45, 7) is 6.23. The summed E-state index contributed by atoms with van der Waals surface area (Å²) >= 11 is 0. The fraction of sp³-hybridized carbons (Fsp3) is 0.938. The van der Waals surface area contributed by atoms with Crippen LogP contribution in [-0.2, 0) is 4.79 Å². The highest BCUT2D eigenvalue weighted by Crippen LogP contribution is 2.25. The second-order valence-corrected chi connectivity index (χ2v) is 7.18. The van der Waals surface area contributed by atoms with E-state index in [1.54, 1.807) is 0 Å². The highest BCUT2D eigenvalue weighted by molar-refractivity contribution is 5.78. The number of carbonyl (C=O) groups excluding carboxylic acids is 1. The van der Waals surface area contributed by atoms with E-state index in [9.17, 15) is 4.79 Å². The largest absolute Gasteiger partial charge is 0.352 e. The van der Waals surface area contributed by atoms with Crippen molar-refractivity contribution in [3.05, 3.63) is 0 Å². The minimum absolute atomic E-state index is 0.239. The standard InChI is InChI=1S/C16H29N3O/c1-12-4-6-14(7-5-12)18-16(20)11-19-9-13-3-2-8-17-15(13)10-19/h12-15,17H,2-11H2,1H3,(H,18,20)/t12?,13-,14?,15+/m0/s1. The van der Waals surface area contributed by atoms with Gasteiger partial charge in [-0.25, -0.2) is 0 Å². The predicted octanol–water partition coefficient (Wildman–Crippen LogP) is 1.37. The first-order chi connectivity index (χ1) is 9.70. The van der Waals surface area contributed by atoms with Gasteiger partial charge in [-0.2, -0.15) is 0 Å².